The summed E-state index contributed by atoms with van der Waals surface area (Å²) in [5.41, 5.74) is 5.58. The number of anilines is 2. The minimum absolute atomic E-state index is 0.187. The topological polar surface area (TPSA) is 238 Å². The van der Waals surface area contributed by atoms with Crippen molar-refractivity contribution in [2.45, 2.75) is 41.5 Å². The SMILES string of the molecule is CC(=O)Nc1cc(Cl)nc(-n2nc(C)cc2C)n1.COc1ccc(C=O)cc1-c1cc(NC(C)=O)nc(-n2nc(C)cc2C)n1.COc1ccc(C=O)cc1B(O)O. The maximum atomic E-state index is 11.5. The quantitative estimate of drug-likeness (QED) is 0.0875. The Morgan fingerprint density at radius 1 is 0.690 bits per heavy atom. The number of methoxy groups -OCH3 is 2. The summed E-state index contributed by atoms with van der Waals surface area (Å²) in [6.07, 6.45) is 1.38. The van der Waals surface area contributed by atoms with Gasteiger partial charge >= 0.3 is 7.12 Å². The summed E-state index contributed by atoms with van der Waals surface area (Å²) in [4.78, 5) is 61.4. The first-order chi connectivity index (χ1) is 27.5. The summed E-state index contributed by atoms with van der Waals surface area (Å²) in [5.74, 6) is 1.74. The van der Waals surface area contributed by atoms with Gasteiger partial charge in [0, 0.05) is 59.5 Å². The molecule has 4 heterocycles. The number of carbonyl (C=O) groups is 4. The van der Waals surface area contributed by atoms with Gasteiger partial charge in [-0.05, 0) is 76.2 Å². The normalized spacial score (nSPS) is 10.3. The number of ether oxygens (including phenoxy) is 2. The van der Waals surface area contributed by atoms with Gasteiger partial charge in [-0.2, -0.15) is 25.1 Å². The lowest BCUT2D eigenvalue weighted by Gasteiger charge is -2.12. The molecule has 2 amide bonds. The minimum atomic E-state index is -1.63. The molecule has 0 saturated carbocycles. The first kappa shape index (κ1) is 43.9. The van der Waals surface area contributed by atoms with Crippen LogP contribution >= 0.6 is 11.6 Å². The molecule has 6 aromatic rings. The van der Waals surface area contributed by atoms with Gasteiger partial charge in [-0.1, -0.05) is 11.6 Å². The van der Waals surface area contributed by atoms with E-state index in [9.17, 15) is 19.2 Å². The van der Waals surface area contributed by atoms with Crippen molar-refractivity contribution in [2.24, 2.45) is 0 Å². The standard InChI is InChI=1S/C19H19N5O3.C11H12ClN5O.C8H9BO4/c1-11-7-12(2)24(23-11)19-21-16(9-18(22-19)20-13(3)26)15-8-14(10-25)5-6-17(15)27-4;1-6-4-7(2)17(16-6)11-14-9(12)5-10(15-11)13-8(3)18;1-13-8-3-2-6(5-10)4-7(8)9(11)12/h5-10H,1-4H3,(H,20,21,22,26);4-5H,1-3H3,(H,13,14,15,18);2-5,11-12H,1H3. The van der Waals surface area contributed by atoms with Crippen LogP contribution < -0.4 is 25.6 Å². The smallest absolute Gasteiger partial charge is 0.492 e. The number of carbonyl (C=O) groups excluding carboxylic acids is 4. The maximum absolute atomic E-state index is 11.5. The first-order valence-corrected chi connectivity index (χ1v) is 17.6. The van der Waals surface area contributed by atoms with E-state index in [4.69, 9.17) is 31.1 Å². The summed E-state index contributed by atoms with van der Waals surface area (Å²) in [6.45, 7) is 10.3. The average molecular weight is 811 g/mol. The Bertz CT molecular complexity index is 2450. The number of aromatic nitrogens is 8. The number of hydrogen-bond acceptors (Lipinski definition) is 14. The van der Waals surface area contributed by atoms with E-state index in [2.05, 4.69) is 40.8 Å². The molecule has 0 unspecified atom stereocenters. The third-order valence-electron chi connectivity index (χ3n) is 7.71. The Hall–Kier alpha value is -6.83. The van der Waals surface area contributed by atoms with E-state index in [0.717, 1.165) is 29.1 Å². The van der Waals surface area contributed by atoms with Crippen LogP contribution in [0.4, 0.5) is 11.6 Å². The number of aldehydes is 2. The summed E-state index contributed by atoms with van der Waals surface area (Å²) in [6, 6.07) is 16.4. The Labute approximate surface area is 338 Å². The van der Waals surface area contributed by atoms with Crippen LogP contribution in [-0.4, -0.2) is 95.3 Å². The molecule has 2 aromatic carbocycles. The Morgan fingerprint density at radius 3 is 1.62 bits per heavy atom. The zero-order valence-electron chi connectivity index (χ0n) is 32.8. The van der Waals surface area contributed by atoms with Gasteiger partial charge in [-0.3, -0.25) is 19.2 Å². The number of nitrogens with one attached hydrogen (secondary N) is 2. The van der Waals surface area contributed by atoms with Gasteiger partial charge in [0.15, 0.2) is 0 Å². The molecule has 300 valence electrons. The molecule has 0 aliphatic carbocycles. The van der Waals surface area contributed by atoms with Gasteiger partial charge in [0.25, 0.3) is 11.9 Å². The number of hydrogen-bond donors (Lipinski definition) is 4. The molecule has 0 fully saturated rings. The molecule has 0 aliphatic heterocycles. The number of nitrogens with zero attached hydrogens (tertiary/aromatic N) is 8. The van der Waals surface area contributed by atoms with Crippen LogP contribution in [0.1, 0.15) is 57.3 Å². The van der Waals surface area contributed by atoms with Crippen molar-refractivity contribution in [1.29, 1.82) is 0 Å². The molecule has 18 nitrogen and oxygen atoms in total. The first-order valence-electron chi connectivity index (χ1n) is 17.2. The van der Waals surface area contributed by atoms with Crippen LogP contribution in [0.2, 0.25) is 5.15 Å². The van der Waals surface area contributed by atoms with Gasteiger partial charge in [0.1, 0.15) is 40.9 Å². The number of halogens is 1. The third-order valence-corrected chi connectivity index (χ3v) is 7.90. The van der Waals surface area contributed by atoms with Crippen molar-refractivity contribution < 1.29 is 38.7 Å². The third kappa shape index (κ3) is 11.6. The number of benzene rings is 2. The van der Waals surface area contributed by atoms with E-state index in [1.165, 1.54) is 52.3 Å². The van der Waals surface area contributed by atoms with Crippen LogP contribution in [0.5, 0.6) is 11.5 Å². The molecule has 0 radical (unpaired) electrons. The minimum Gasteiger partial charge on any atom is -0.497 e. The van der Waals surface area contributed by atoms with Crippen LogP contribution in [-0.2, 0) is 9.59 Å². The molecular weight excluding hydrogens is 771 g/mol. The van der Waals surface area contributed by atoms with Crippen molar-refractivity contribution in [3.63, 3.8) is 0 Å². The van der Waals surface area contributed by atoms with E-state index >= 15 is 0 Å². The second-order valence-electron chi connectivity index (χ2n) is 12.4. The average Bonchev–Trinajstić information content (AvgIpc) is 3.71. The number of amides is 2. The Kier molecular flexibility index (Phi) is 15.0. The second-order valence-corrected chi connectivity index (χ2v) is 12.8. The lowest BCUT2D eigenvalue weighted by molar-refractivity contribution is -0.115. The Balaban J connectivity index is 0.000000207. The fourth-order valence-electron chi connectivity index (χ4n) is 5.35. The van der Waals surface area contributed by atoms with Gasteiger partial charge in [-0.15, -0.1) is 0 Å². The van der Waals surface area contributed by atoms with Crippen molar-refractivity contribution in [2.75, 3.05) is 24.9 Å². The monoisotopic (exact) mass is 810 g/mol. The highest BCUT2D eigenvalue weighted by Crippen LogP contribution is 2.31. The number of rotatable bonds is 10. The van der Waals surface area contributed by atoms with E-state index in [0.29, 0.717) is 63.7 Å². The second kappa shape index (κ2) is 19.9. The molecule has 0 saturated heterocycles. The molecule has 0 atom stereocenters. The maximum Gasteiger partial charge on any atom is 0.492 e. The Morgan fingerprint density at radius 2 is 1.17 bits per heavy atom. The van der Waals surface area contributed by atoms with E-state index in [1.54, 1.807) is 33.6 Å². The predicted octanol–water partition coefficient (Wildman–Crippen LogP) is 3.80. The van der Waals surface area contributed by atoms with E-state index in [1.807, 2.05) is 39.8 Å². The molecule has 6 rings (SSSR count). The van der Waals surface area contributed by atoms with E-state index < -0.39 is 7.12 Å². The van der Waals surface area contributed by atoms with Crippen LogP contribution in [0, 0.1) is 27.7 Å². The zero-order chi connectivity index (χ0) is 42.7. The predicted molar refractivity (Wildman–Crippen MR) is 216 cm³/mol. The lowest BCUT2D eigenvalue weighted by atomic mass is 9.79. The number of aryl methyl sites for hydroxylation is 4. The highest BCUT2D eigenvalue weighted by molar-refractivity contribution is 6.59. The fourth-order valence-corrected chi connectivity index (χ4v) is 5.53. The van der Waals surface area contributed by atoms with Crippen LogP contribution in [0.25, 0.3) is 23.2 Å². The summed E-state index contributed by atoms with van der Waals surface area (Å²) in [5, 5.41) is 32.0. The molecule has 0 spiro atoms. The van der Waals surface area contributed by atoms with Crippen molar-refractivity contribution in [1.82, 2.24) is 39.5 Å². The van der Waals surface area contributed by atoms with Crippen molar-refractivity contribution >= 4 is 60.2 Å². The molecule has 0 aliphatic rings. The van der Waals surface area contributed by atoms with Crippen molar-refractivity contribution in [3.8, 4) is 34.7 Å². The van der Waals surface area contributed by atoms with Crippen LogP contribution in [0.3, 0.4) is 0 Å². The van der Waals surface area contributed by atoms with E-state index in [-0.39, 0.29) is 22.4 Å². The van der Waals surface area contributed by atoms with Gasteiger partial charge in [0.2, 0.25) is 11.8 Å². The van der Waals surface area contributed by atoms with Crippen LogP contribution in [0.15, 0.2) is 60.7 Å². The van der Waals surface area contributed by atoms with Gasteiger partial charge < -0.3 is 30.2 Å². The molecule has 4 aromatic heterocycles. The molecule has 20 heteroatoms. The van der Waals surface area contributed by atoms with Gasteiger partial charge in [0.05, 0.1) is 31.3 Å². The van der Waals surface area contributed by atoms with Crippen molar-refractivity contribution in [3.05, 3.63) is 99.7 Å². The van der Waals surface area contributed by atoms with Gasteiger partial charge in [-0.25, -0.2) is 14.3 Å². The molecule has 4 N–H and O–H groups in total. The summed E-state index contributed by atoms with van der Waals surface area (Å²) in [7, 11) is 1.33. The zero-order valence-corrected chi connectivity index (χ0v) is 33.6. The highest BCUT2D eigenvalue weighted by Gasteiger charge is 2.18. The molecular formula is C38H40BClN10O8. The highest BCUT2D eigenvalue weighted by atomic mass is 35.5. The fraction of sp³-hybridized carbons (Fsp3) is 0.211. The summed E-state index contributed by atoms with van der Waals surface area (Å²) < 4.78 is 13.5. The molecule has 0 bridgehead atoms. The lowest BCUT2D eigenvalue weighted by Crippen LogP contribution is -2.31. The largest absolute Gasteiger partial charge is 0.497 e. The molecule has 58 heavy (non-hydrogen) atoms. The summed E-state index contributed by atoms with van der Waals surface area (Å²) >= 11 is 5.90.